The number of H-pyrrole nitrogens is 2. The molecule has 8 nitrogen and oxygen atoms in total. The van der Waals surface area contributed by atoms with Crippen molar-refractivity contribution in [2.45, 2.75) is 25.7 Å². The van der Waals surface area contributed by atoms with Crippen LogP contribution in [0.3, 0.4) is 0 Å². The van der Waals surface area contributed by atoms with E-state index in [0.717, 1.165) is 24.4 Å². The molecule has 1 aliphatic heterocycles. The molecular formula is C11H14N6O2S. The van der Waals surface area contributed by atoms with Crippen molar-refractivity contribution in [2.75, 3.05) is 13.1 Å². The van der Waals surface area contributed by atoms with Gasteiger partial charge in [0.2, 0.25) is 0 Å². The molecule has 0 aromatic carbocycles. The quantitative estimate of drug-likeness (QED) is 0.827. The molecule has 9 heteroatoms. The molecule has 0 unspecified atom stereocenters. The second-order valence-corrected chi connectivity index (χ2v) is 5.57. The van der Waals surface area contributed by atoms with Crippen LogP contribution in [0.15, 0.2) is 4.79 Å². The van der Waals surface area contributed by atoms with E-state index in [2.05, 4.69) is 24.8 Å². The lowest BCUT2D eigenvalue weighted by molar-refractivity contribution is 0.0715. The predicted molar refractivity (Wildman–Crippen MR) is 71.7 cm³/mol. The molecule has 20 heavy (non-hydrogen) atoms. The third-order valence-corrected chi connectivity index (χ3v) is 4.35. The molecule has 3 rings (SSSR count). The van der Waals surface area contributed by atoms with Gasteiger partial charge in [0.15, 0.2) is 0 Å². The van der Waals surface area contributed by atoms with Gasteiger partial charge in [-0.05, 0) is 31.3 Å². The SMILES string of the molecule is Cc1nnsc1C(=O)N1CCC(c2n[nH]c(=O)[nH]2)CC1. The highest BCUT2D eigenvalue weighted by Crippen LogP contribution is 2.26. The van der Waals surface area contributed by atoms with Crippen molar-refractivity contribution in [3.63, 3.8) is 0 Å². The van der Waals surface area contributed by atoms with Crippen LogP contribution in [0.2, 0.25) is 0 Å². The molecular weight excluding hydrogens is 280 g/mol. The molecule has 0 bridgehead atoms. The first-order valence-corrected chi connectivity index (χ1v) is 7.15. The number of aromatic amines is 2. The maximum Gasteiger partial charge on any atom is 0.340 e. The van der Waals surface area contributed by atoms with Gasteiger partial charge in [-0.3, -0.25) is 9.78 Å². The molecule has 0 spiro atoms. The topological polar surface area (TPSA) is 108 Å². The number of hydrogen-bond donors (Lipinski definition) is 2. The van der Waals surface area contributed by atoms with Crippen molar-refractivity contribution >= 4 is 17.4 Å². The molecule has 2 N–H and O–H groups in total. The molecule has 106 valence electrons. The van der Waals surface area contributed by atoms with Crippen LogP contribution in [0.1, 0.15) is 39.9 Å². The minimum atomic E-state index is -0.287. The number of aromatic nitrogens is 5. The summed E-state index contributed by atoms with van der Waals surface area (Å²) in [7, 11) is 0. The highest BCUT2D eigenvalue weighted by atomic mass is 32.1. The van der Waals surface area contributed by atoms with E-state index in [1.807, 2.05) is 4.90 Å². The van der Waals surface area contributed by atoms with Crippen molar-refractivity contribution < 1.29 is 4.79 Å². The summed E-state index contributed by atoms with van der Waals surface area (Å²) in [4.78, 5) is 28.5. The van der Waals surface area contributed by atoms with E-state index in [9.17, 15) is 9.59 Å². The zero-order valence-electron chi connectivity index (χ0n) is 10.9. The summed E-state index contributed by atoms with van der Waals surface area (Å²) in [6, 6.07) is 0. The van der Waals surface area contributed by atoms with Gasteiger partial charge in [-0.2, -0.15) is 5.10 Å². The summed E-state index contributed by atoms with van der Waals surface area (Å²) < 4.78 is 3.79. The van der Waals surface area contributed by atoms with Gasteiger partial charge in [0.25, 0.3) is 5.91 Å². The minimum Gasteiger partial charge on any atom is -0.338 e. The van der Waals surface area contributed by atoms with Gasteiger partial charge in [0.05, 0.1) is 5.69 Å². The van der Waals surface area contributed by atoms with E-state index in [0.29, 0.717) is 29.5 Å². The first kappa shape index (κ1) is 13.0. The normalized spacial score (nSPS) is 16.6. The zero-order valence-corrected chi connectivity index (χ0v) is 11.7. The number of nitrogens with one attached hydrogen (secondary N) is 2. The Bertz CT molecular complexity index is 666. The number of nitrogens with zero attached hydrogens (tertiary/aromatic N) is 4. The van der Waals surface area contributed by atoms with Crippen LogP contribution in [-0.4, -0.2) is 48.7 Å². The fourth-order valence-electron chi connectivity index (χ4n) is 2.40. The number of aryl methyl sites for hydroxylation is 1. The number of piperidine rings is 1. The molecule has 1 amide bonds. The van der Waals surface area contributed by atoms with E-state index in [1.54, 1.807) is 6.92 Å². The Balaban J connectivity index is 1.65. The molecule has 1 fully saturated rings. The molecule has 2 aromatic rings. The molecule has 3 heterocycles. The van der Waals surface area contributed by atoms with Crippen LogP contribution in [0.5, 0.6) is 0 Å². The van der Waals surface area contributed by atoms with Crippen LogP contribution >= 0.6 is 11.5 Å². The smallest absolute Gasteiger partial charge is 0.338 e. The fourth-order valence-corrected chi connectivity index (χ4v) is 3.03. The second kappa shape index (κ2) is 5.16. The Labute approximate surface area is 118 Å². The van der Waals surface area contributed by atoms with Gasteiger partial charge >= 0.3 is 5.69 Å². The molecule has 0 radical (unpaired) electrons. The third kappa shape index (κ3) is 2.36. The molecule has 2 aromatic heterocycles. The Morgan fingerprint density at radius 3 is 2.70 bits per heavy atom. The number of amides is 1. The average Bonchev–Trinajstić information content (AvgIpc) is 3.07. The van der Waals surface area contributed by atoms with Crippen LogP contribution in [0.25, 0.3) is 0 Å². The zero-order chi connectivity index (χ0) is 14.1. The lowest BCUT2D eigenvalue weighted by Crippen LogP contribution is -2.38. The molecule has 0 atom stereocenters. The van der Waals surface area contributed by atoms with Crippen molar-refractivity contribution in [3.8, 4) is 0 Å². The first-order chi connectivity index (χ1) is 9.65. The third-order valence-electron chi connectivity index (χ3n) is 3.53. The summed E-state index contributed by atoms with van der Waals surface area (Å²) in [6.45, 7) is 3.09. The van der Waals surface area contributed by atoms with Crippen LogP contribution in [0.4, 0.5) is 0 Å². The van der Waals surface area contributed by atoms with Gasteiger partial charge < -0.3 is 4.90 Å². The Kier molecular flexibility index (Phi) is 3.35. The largest absolute Gasteiger partial charge is 0.340 e. The van der Waals surface area contributed by atoms with Crippen LogP contribution in [0, 0.1) is 6.92 Å². The van der Waals surface area contributed by atoms with Gasteiger partial charge in [0.1, 0.15) is 10.7 Å². The number of rotatable bonds is 2. The van der Waals surface area contributed by atoms with Gasteiger partial charge in [-0.1, -0.05) is 4.49 Å². The minimum absolute atomic E-state index is 0.00790. The van der Waals surface area contributed by atoms with Crippen molar-refractivity contribution in [1.29, 1.82) is 0 Å². The monoisotopic (exact) mass is 294 g/mol. The lowest BCUT2D eigenvalue weighted by atomic mass is 9.96. The second-order valence-electron chi connectivity index (χ2n) is 4.82. The Hall–Kier alpha value is -2.03. The van der Waals surface area contributed by atoms with E-state index in [4.69, 9.17) is 0 Å². The van der Waals surface area contributed by atoms with Crippen molar-refractivity contribution in [3.05, 3.63) is 26.9 Å². The van der Waals surface area contributed by atoms with Gasteiger partial charge in [0, 0.05) is 19.0 Å². The highest BCUT2D eigenvalue weighted by Gasteiger charge is 2.28. The average molecular weight is 294 g/mol. The number of carbonyl (C=O) groups excluding carboxylic acids is 1. The number of likely N-dealkylation sites (tertiary alicyclic amines) is 1. The molecule has 0 saturated carbocycles. The van der Waals surface area contributed by atoms with E-state index in [-0.39, 0.29) is 17.5 Å². The van der Waals surface area contributed by atoms with Crippen molar-refractivity contribution in [2.24, 2.45) is 0 Å². The summed E-state index contributed by atoms with van der Waals surface area (Å²) >= 11 is 1.13. The van der Waals surface area contributed by atoms with Gasteiger partial charge in [-0.15, -0.1) is 5.10 Å². The van der Waals surface area contributed by atoms with E-state index in [1.165, 1.54) is 0 Å². The van der Waals surface area contributed by atoms with Gasteiger partial charge in [-0.25, -0.2) is 9.89 Å². The summed E-state index contributed by atoms with van der Waals surface area (Å²) in [5.41, 5.74) is 0.392. The highest BCUT2D eigenvalue weighted by molar-refractivity contribution is 7.07. The van der Waals surface area contributed by atoms with Crippen molar-refractivity contribution in [1.82, 2.24) is 29.7 Å². The Morgan fingerprint density at radius 2 is 2.15 bits per heavy atom. The Morgan fingerprint density at radius 1 is 1.40 bits per heavy atom. The van der Waals surface area contributed by atoms with E-state index >= 15 is 0 Å². The summed E-state index contributed by atoms with van der Waals surface area (Å²) in [5.74, 6) is 0.864. The number of hydrogen-bond acceptors (Lipinski definition) is 6. The first-order valence-electron chi connectivity index (χ1n) is 6.38. The fraction of sp³-hybridized carbons (Fsp3) is 0.545. The molecule has 0 aliphatic carbocycles. The number of carbonyl (C=O) groups is 1. The molecule has 1 aliphatic rings. The maximum atomic E-state index is 12.3. The summed E-state index contributed by atoms with van der Waals surface area (Å²) in [5, 5.41) is 10.2. The lowest BCUT2D eigenvalue weighted by Gasteiger charge is -2.30. The maximum absolute atomic E-state index is 12.3. The molecule has 1 saturated heterocycles. The standard InChI is InChI=1S/C11H14N6O2S/c1-6-8(20-16-13-6)10(18)17-4-2-7(3-5-17)9-12-11(19)15-14-9/h7H,2-5H2,1H3,(H2,12,14,15,19). The predicted octanol–water partition coefficient (Wildman–Crippen LogP) is 0.278. The van der Waals surface area contributed by atoms with Crippen LogP contribution < -0.4 is 5.69 Å². The van der Waals surface area contributed by atoms with Crippen LogP contribution in [-0.2, 0) is 0 Å². The summed E-state index contributed by atoms with van der Waals surface area (Å²) in [6.07, 6.45) is 1.58. The van der Waals surface area contributed by atoms with E-state index < -0.39 is 0 Å².